The number of amides is 2. The molecule has 116 valence electrons. The number of nitrogens with two attached hydrogens (primary N) is 4. The third-order valence-electron chi connectivity index (χ3n) is 1.29. The summed E-state index contributed by atoms with van der Waals surface area (Å²) in [4.78, 5) is 19.1. The van der Waals surface area contributed by atoms with Crippen LogP contribution in [0, 0.1) is 0 Å². The minimum absolute atomic E-state index is 0.520. The average Bonchev–Trinajstić information content (AvgIpc) is 2.14. The Hall–Kier alpha value is -1.56. The molecule has 1 atom stereocenters. The van der Waals surface area contributed by atoms with Crippen molar-refractivity contribution in [3.63, 3.8) is 0 Å². The molecule has 0 aliphatic carbocycles. The van der Waals surface area contributed by atoms with Crippen LogP contribution in [0.4, 0.5) is 22.1 Å². The van der Waals surface area contributed by atoms with Crippen LogP contribution in [0.15, 0.2) is 0 Å². The average molecular weight is 293 g/mol. The topological polar surface area (TPSA) is 158 Å². The van der Waals surface area contributed by atoms with Crippen LogP contribution >= 0.6 is 0 Å². The van der Waals surface area contributed by atoms with E-state index in [-0.39, 0.29) is 0 Å². The zero-order valence-electron chi connectivity index (χ0n) is 10.1. The lowest BCUT2D eigenvalue weighted by atomic mass is 10.1. The van der Waals surface area contributed by atoms with Gasteiger partial charge in [0, 0.05) is 0 Å². The molecule has 0 aromatic rings. The summed E-state index contributed by atoms with van der Waals surface area (Å²) in [6, 6.07) is -1.55. The van der Waals surface area contributed by atoms with E-state index < -0.39 is 25.3 Å². The maximum Gasteiger partial charge on any atom is 0.673 e. The second-order valence-corrected chi connectivity index (χ2v) is 3.13. The van der Waals surface area contributed by atoms with Crippen molar-refractivity contribution in [2.75, 3.05) is 6.54 Å². The number of aliphatic carboxylic acids is 1. The molecule has 0 bridgehead atoms. The van der Waals surface area contributed by atoms with Gasteiger partial charge >= 0.3 is 19.3 Å². The number of hydrogen-bond acceptors (Lipinski definition) is 4. The van der Waals surface area contributed by atoms with Crippen molar-refractivity contribution in [1.29, 1.82) is 0 Å². The Kier molecular flexibility index (Phi) is 15.3. The molecule has 7 nitrogen and oxygen atoms in total. The van der Waals surface area contributed by atoms with Gasteiger partial charge < -0.3 is 45.3 Å². The number of carboxylic acid groups (broad SMARTS) is 1. The zero-order valence-corrected chi connectivity index (χ0v) is 10.1. The van der Waals surface area contributed by atoms with Gasteiger partial charge in [-0.1, -0.05) is 6.42 Å². The summed E-state index contributed by atoms with van der Waals surface area (Å²) in [5, 5.41) is 8.33. The molecular formula is C7H18BF4N4O3-. The van der Waals surface area contributed by atoms with Gasteiger partial charge in [-0.05, 0) is 19.4 Å². The van der Waals surface area contributed by atoms with Gasteiger partial charge in [-0.25, -0.2) is 4.79 Å². The number of carboxylic acids is 1. The molecule has 0 rings (SSSR count). The standard InChI is InChI=1S/C6H14N2O2.CH4N2O.BF4/c7-4-2-1-3-5(8)6(9)10;2-1(3)4;2-1(3,4)5/h5H,1-4,7-8H2,(H,9,10);(H4,2,3,4);/q;;-1. The molecule has 2 amide bonds. The van der Waals surface area contributed by atoms with Crippen molar-refractivity contribution in [1.82, 2.24) is 0 Å². The minimum Gasteiger partial charge on any atom is -0.480 e. The smallest absolute Gasteiger partial charge is 0.480 e. The molecule has 0 saturated heterocycles. The predicted octanol–water partition coefficient (Wildman–Crippen LogP) is -0.149. The van der Waals surface area contributed by atoms with E-state index in [1.807, 2.05) is 0 Å². The number of primary amides is 2. The lowest BCUT2D eigenvalue weighted by Crippen LogP contribution is -2.29. The van der Waals surface area contributed by atoms with Gasteiger partial charge in [0.25, 0.3) is 0 Å². The fraction of sp³-hybridized carbons (Fsp3) is 0.714. The highest BCUT2D eigenvalue weighted by molar-refractivity contribution is 6.50. The molecule has 12 heteroatoms. The van der Waals surface area contributed by atoms with E-state index in [4.69, 9.17) is 21.4 Å². The molecule has 0 aromatic heterocycles. The van der Waals surface area contributed by atoms with Crippen molar-refractivity contribution in [2.45, 2.75) is 25.3 Å². The second kappa shape index (κ2) is 12.9. The van der Waals surface area contributed by atoms with Gasteiger partial charge in [-0.2, -0.15) is 0 Å². The highest BCUT2D eigenvalue weighted by Crippen LogP contribution is 2.06. The molecule has 9 N–H and O–H groups in total. The van der Waals surface area contributed by atoms with Gasteiger partial charge in [-0.15, -0.1) is 0 Å². The Bertz CT molecular complexity index is 245. The van der Waals surface area contributed by atoms with E-state index in [0.717, 1.165) is 12.8 Å². The summed E-state index contributed by atoms with van der Waals surface area (Å²) in [7, 11) is -6.00. The Balaban J connectivity index is -0.000000238. The van der Waals surface area contributed by atoms with Crippen molar-refractivity contribution < 1.29 is 32.0 Å². The Morgan fingerprint density at radius 1 is 1.11 bits per heavy atom. The van der Waals surface area contributed by atoms with Gasteiger partial charge in [0.15, 0.2) is 0 Å². The van der Waals surface area contributed by atoms with Crippen LogP contribution in [0.2, 0.25) is 0 Å². The first-order valence-corrected chi connectivity index (χ1v) is 5.02. The van der Waals surface area contributed by atoms with Crippen molar-refractivity contribution in [3.05, 3.63) is 0 Å². The number of unbranched alkanes of at least 4 members (excludes halogenated alkanes) is 1. The summed E-state index contributed by atoms with van der Waals surface area (Å²) in [5.41, 5.74) is 18.9. The van der Waals surface area contributed by atoms with Crippen molar-refractivity contribution in [2.24, 2.45) is 22.9 Å². The molecule has 0 heterocycles. The van der Waals surface area contributed by atoms with E-state index in [1.165, 1.54) is 0 Å². The number of carbonyl (C=O) groups excluding carboxylic acids is 1. The van der Waals surface area contributed by atoms with Crippen molar-refractivity contribution in [3.8, 4) is 0 Å². The summed E-state index contributed by atoms with van der Waals surface area (Å²) in [5.74, 6) is -0.933. The number of halogens is 4. The van der Waals surface area contributed by atoms with Crippen LogP contribution < -0.4 is 22.9 Å². The Morgan fingerprint density at radius 3 is 1.63 bits per heavy atom. The molecular weight excluding hydrogens is 275 g/mol. The first-order valence-electron chi connectivity index (χ1n) is 5.02. The fourth-order valence-electron chi connectivity index (χ4n) is 0.632. The van der Waals surface area contributed by atoms with Crippen LogP contribution in [0.3, 0.4) is 0 Å². The predicted molar refractivity (Wildman–Crippen MR) is 62.5 cm³/mol. The first-order chi connectivity index (χ1) is 8.41. The van der Waals surface area contributed by atoms with E-state index in [1.54, 1.807) is 0 Å². The normalized spacial score (nSPS) is 11.3. The van der Waals surface area contributed by atoms with Gasteiger partial charge in [-0.3, -0.25) is 4.79 Å². The molecule has 0 aliphatic rings. The van der Waals surface area contributed by atoms with E-state index in [9.17, 15) is 22.1 Å². The lowest BCUT2D eigenvalue weighted by Gasteiger charge is -2.03. The molecule has 1 unspecified atom stereocenters. The number of hydrogen-bond donors (Lipinski definition) is 5. The molecule has 0 radical (unpaired) electrons. The first kappa shape index (κ1) is 22.6. The Morgan fingerprint density at radius 2 is 1.42 bits per heavy atom. The van der Waals surface area contributed by atoms with E-state index >= 15 is 0 Å². The monoisotopic (exact) mass is 293 g/mol. The Labute approximate surface area is 107 Å². The number of urea groups is 1. The summed E-state index contributed by atoms with van der Waals surface area (Å²) in [6.45, 7) is 0.604. The molecule has 0 aliphatic heterocycles. The molecule has 0 spiro atoms. The number of carbonyl (C=O) groups is 2. The van der Waals surface area contributed by atoms with E-state index in [2.05, 4.69) is 11.5 Å². The van der Waals surface area contributed by atoms with Crippen LogP contribution in [-0.4, -0.2) is 36.9 Å². The van der Waals surface area contributed by atoms with E-state index in [0.29, 0.717) is 13.0 Å². The van der Waals surface area contributed by atoms with Crippen LogP contribution in [-0.2, 0) is 4.79 Å². The zero-order chi connectivity index (χ0) is 16.1. The molecule has 0 aromatic carbocycles. The molecule has 19 heavy (non-hydrogen) atoms. The lowest BCUT2D eigenvalue weighted by molar-refractivity contribution is -0.138. The maximum atomic E-state index is 10.1. The largest absolute Gasteiger partial charge is 0.673 e. The second-order valence-electron chi connectivity index (χ2n) is 3.13. The molecule has 0 fully saturated rings. The summed E-state index contributed by atoms with van der Waals surface area (Å²) in [6.07, 6.45) is 2.16. The fourth-order valence-corrected chi connectivity index (χ4v) is 0.632. The van der Waals surface area contributed by atoms with Crippen LogP contribution in [0.25, 0.3) is 0 Å². The minimum atomic E-state index is -6.00. The third-order valence-corrected chi connectivity index (χ3v) is 1.29. The van der Waals surface area contributed by atoms with Gasteiger partial charge in [0.05, 0.1) is 0 Å². The third kappa shape index (κ3) is 61.9. The summed E-state index contributed by atoms with van der Waals surface area (Å²) >= 11 is 0. The quantitative estimate of drug-likeness (QED) is 0.270. The maximum absolute atomic E-state index is 10.1. The summed E-state index contributed by atoms with van der Waals surface area (Å²) < 4.78 is 39.0. The van der Waals surface area contributed by atoms with Crippen molar-refractivity contribution >= 4 is 19.3 Å². The van der Waals surface area contributed by atoms with Gasteiger partial charge in [0.1, 0.15) is 6.04 Å². The highest BCUT2D eigenvalue weighted by atomic mass is 19.5. The van der Waals surface area contributed by atoms with Crippen LogP contribution in [0.5, 0.6) is 0 Å². The molecule has 0 saturated carbocycles. The number of rotatable bonds is 5. The highest BCUT2D eigenvalue weighted by Gasteiger charge is 2.20. The SMILES string of the molecule is F[B-](F)(F)F.NC(N)=O.NCCCCC(N)C(=O)O. The van der Waals surface area contributed by atoms with Gasteiger partial charge in [0.2, 0.25) is 0 Å². The van der Waals surface area contributed by atoms with Crippen LogP contribution in [0.1, 0.15) is 19.3 Å².